The summed E-state index contributed by atoms with van der Waals surface area (Å²) in [4.78, 5) is 15.4. The normalized spacial score (nSPS) is 14.9. The average Bonchev–Trinajstić information content (AvgIpc) is 2.86. The minimum Gasteiger partial charge on any atom is -0.497 e. The summed E-state index contributed by atoms with van der Waals surface area (Å²) in [6, 6.07) is 15.7. The van der Waals surface area contributed by atoms with E-state index in [-0.39, 0.29) is 18.6 Å². The molecule has 1 heterocycles. The molecule has 0 aliphatic carbocycles. The second kappa shape index (κ2) is 10.5. The first-order chi connectivity index (χ1) is 16.4. The fraction of sp³-hybridized carbons (Fsp3) is 0.269. The zero-order chi connectivity index (χ0) is 24.2. The molecule has 6 nitrogen and oxygen atoms in total. The third-order valence-electron chi connectivity index (χ3n) is 5.89. The number of hydrogen-bond acceptors (Lipinski definition) is 5. The highest BCUT2D eigenvalue weighted by molar-refractivity contribution is 6.36. The van der Waals surface area contributed by atoms with Crippen LogP contribution in [0.25, 0.3) is 0 Å². The van der Waals surface area contributed by atoms with Gasteiger partial charge in [-0.25, -0.2) is 0 Å². The number of rotatable bonds is 7. The van der Waals surface area contributed by atoms with E-state index in [0.29, 0.717) is 45.8 Å². The van der Waals surface area contributed by atoms with Gasteiger partial charge in [-0.2, -0.15) is 0 Å². The Morgan fingerprint density at radius 3 is 2.24 bits per heavy atom. The van der Waals surface area contributed by atoms with Gasteiger partial charge in [-0.1, -0.05) is 23.2 Å². The Kier molecular flexibility index (Phi) is 7.39. The molecule has 0 saturated carbocycles. The van der Waals surface area contributed by atoms with Crippen LogP contribution in [0, 0.1) is 0 Å². The van der Waals surface area contributed by atoms with Gasteiger partial charge in [0.15, 0.2) is 11.5 Å². The first-order valence-corrected chi connectivity index (χ1v) is 11.5. The van der Waals surface area contributed by atoms with E-state index in [1.54, 1.807) is 44.4 Å². The Morgan fingerprint density at radius 1 is 0.912 bits per heavy atom. The van der Waals surface area contributed by atoms with Crippen molar-refractivity contribution in [2.45, 2.75) is 12.5 Å². The Hall–Kier alpha value is -3.09. The molecule has 0 saturated heterocycles. The maximum Gasteiger partial charge on any atom is 0.256 e. The van der Waals surface area contributed by atoms with Crippen LogP contribution in [0.4, 0.5) is 0 Å². The number of carbonyl (C=O) groups excluding carboxylic acids is 1. The summed E-state index contributed by atoms with van der Waals surface area (Å²) in [6.07, 6.45) is 0.658. The van der Waals surface area contributed by atoms with Gasteiger partial charge in [0.25, 0.3) is 5.91 Å². The lowest BCUT2D eigenvalue weighted by atomic mass is 9.91. The van der Waals surface area contributed by atoms with Gasteiger partial charge in [0.05, 0.1) is 38.0 Å². The number of fused-ring (bicyclic) bond motifs is 1. The molecule has 4 rings (SSSR count). The molecule has 0 spiro atoms. The minimum absolute atomic E-state index is 0.189. The monoisotopic (exact) mass is 501 g/mol. The van der Waals surface area contributed by atoms with E-state index in [1.165, 1.54) is 0 Å². The Morgan fingerprint density at radius 2 is 1.59 bits per heavy atom. The predicted molar refractivity (Wildman–Crippen MR) is 132 cm³/mol. The first-order valence-electron chi connectivity index (χ1n) is 10.7. The average molecular weight is 502 g/mol. The zero-order valence-electron chi connectivity index (χ0n) is 19.1. The van der Waals surface area contributed by atoms with Crippen LogP contribution < -0.4 is 18.9 Å². The summed E-state index contributed by atoms with van der Waals surface area (Å²) in [5.74, 6) is 2.46. The molecule has 1 amide bonds. The summed E-state index contributed by atoms with van der Waals surface area (Å²) in [5, 5.41) is 0.784. The zero-order valence-corrected chi connectivity index (χ0v) is 20.7. The summed E-state index contributed by atoms with van der Waals surface area (Å²) in [6.45, 7) is 0.739. The summed E-state index contributed by atoms with van der Waals surface area (Å²) in [5.41, 5.74) is 2.41. The first kappa shape index (κ1) is 24.0. The van der Waals surface area contributed by atoms with Crippen molar-refractivity contribution in [3.63, 3.8) is 0 Å². The van der Waals surface area contributed by atoms with Gasteiger partial charge in [0.1, 0.15) is 18.1 Å². The van der Waals surface area contributed by atoms with Gasteiger partial charge in [0.2, 0.25) is 0 Å². The number of ether oxygens (including phenoxy) is 4. The number of nitrogens with zero attached hydrogens (tertiary/aromatic N) is 1. The molecule has 3 aromatic carbocycles. The largest absolute Gasteiger partial charge is 0.497 e. The van der Waals surface area contributed by atoms with Crippen LogP contribution >= 0.6 is 23.2 Å². The third kappa shape index (κ3) is 4.88. The molecule has 1 aliphatic rings. The SMILES string of the molecule is COc1ccc(OCC2c3cc(OC)c(OC)cc3CCN2C(=O)c2ccc(Cl)cc2Cl)cc1. The van der Waals surface area contributed by atoms with Crippen molar-refractivity contribution in [2.24, 2.45) is 0 Å². The molecule has 34 heavy (non-hydrogen) atoms. The highest BCUT2D eigenvalue weighted by Crippen LogP contribution is 2.39. The van der Waals surface area contributed by atoms with Crippen molar-refractivity contribution < 1.29 is 23.7 Å². The van der Waals surface area contributed by atoms with Gasteiger partial charge < -0.3 is 23.8 Å². The molecule has 8 heteroatoms. The van der Waals surface area contributed by atoms with E-state index in [0.717, 1.165) is 16.9 Å². The van der Waals surface area contributed by atoms with Gasteiger partial charge in [-0.3, -0.25) is 4.79 Å². The van der Waals surface area contributed by atoms with Gasteiger partial charge in [-0.05, 0) is 72.1 Å². The van der Waals surface area contributed by atoms with Gasteiger partial charge in [-0.15, -0.1) is 0 Å². The summed E-state index contributed by atoms with van der Waals surface area (Å²) in [7, 11) is 4.81. The lowest BCUT2D eigenvalue weighted by molar-refractivity contribution is 0.0589. The van der Waals surface area contributed by atoms with Crippen LogP contribution in [-0.4, -0.2) is 45.3 Å². The molecule has 178 valence electrons. The Bertz CT molecular complexity index is 1180. The smallest absolute Gasteiger partial charge is 0.256 e. The van der Waals surface area contributed by atoms with Crippen molar-refractivity contribution in [3.05, 3.63) is 81.3 Å². The highest BCUT2D eigenvalue weighted by Gasteiger charge is 2.34. The number of methoxy groups -OCH3 is 3. The van der Waals surface area contributed by atoms with Crippen molar-refractivity contribution in [2.75, 3.05) is 34.5 Å². The number of amides is 1. The summed E-state index contributed by atoms with van der Waals surface area (Å²) >= 11 is 12.4. The second-order valence-electron chi connectivity index (χ2n) is 7.78. The van der Waals surface area contributed by atoms with E-state index >= 15 is 0 Å². The van der Waals surface area contributed by atoms with E-state index in [2.05, 4.69) is 0 Å². The molecule has 0 bridgehead atoms. The fourth-order valence-corrected chi connectivity index (χ4v) is 4.61. The van der Waals surface area contributed by atoms with Crippen molar-refractivity contribution in [1.82, 2.24) is 4.90 Å². The lowest BCUT2D eigenvalue weighted by Crippen LogP contribution is -2.42. The third-order valence-corrected chi connectivity index (χ3v) is 6.44. The molecule has 0 fully saturated rings. The Balaban J connectivity index is 1.70. The topological polar surface area (TPSA) is 57.2 Å². The molecule has 1 aliphatic heterocycles. The minimum atomic E-state index is -0.370. The Labute approximate surface area is 208 Å². The number of carbonyl (C=O) groups is 1. The number of hydrogen-bond donors (Lipinski definition) is 0. The lowest BCUT2D eigenvalue weighted by Gasteiger charge is -2.38. The number of benzene rings is 3. The highest BCUT2D eigenvalue weighted by atomic mass is 35.5. The molecule has 0 N–H and O–H groups in total. The van der Waals surface area contributed by atoms with E-state index < -0.39 is 0 Å². The van der Waals surface area contributed by atoms with Gasteiger partial charge >= 0.3 is 0 Å². The molecular weight excluding hydrogens is 477 g/mol. The van der Waals surface area contributed by atoms with E-state index in [9.17, 15) is 4.79 Å². The quantitative estimate of drug-likeness (QED) is 0.407. The maximum absolute atomic E-state index is 13.6. The summed E-state index contributed by atoms with van der Waals surface area (Å²) < 4.78 is 22.4. The van der Waals surface area contributed by atoms with Gasteiger partial charge in [0, 0.05) is 11.6 Å². The van der Waals surface area contributed by atoms with Crippen LogP contribution in [-0.2, 0) is 6.42 Å². The number of halogens is 2. The fourth-order valence-electron chi connectivity index (χ4n) is 4.12. The van der Waals surface area contributed by atoms with Crippen LogP contribution in [0.1, 0.15) is 27.5 Å². The standard InChI is InChI=1S/C26H25Cl2NO5/c1-31-18-5-7-19(8-6-18)34-15-23-21-14-25(33-3)24(32-2)12-16(21)10-11-29(23)26(30)20-9-4-17(27)13-22(20)28/h4-9,12-14,23H,10-11,15H2,1-3H3. The van der Waals surface area contributed by atoms with Crippen LogP contribution in [0.15, 0.2) is 54.6 Å². The van der Waals surface area contributed by atoms with Crippen LogP contribution in [0.2, 0.25) is 10.0 Å². The maximum atomic E-state index is 13.6. The van der Waals surface area contributed by atoms with Crippen molar-refractivity contribution in [1.29, 1.82) is 0 Å². The molecule has 1 atom stereocenters. The van der Waals surface area contributed by atoms with Crippen LogP contribution in [0.5, 0.6) is 23.0 Å². The van der Waals surface area contributed by atoms with E-state index in [4.69, 9.17) is 42.1 Å². The molecular formula is C26H25Cl2NO5. The molecule has 0 aromatic heterocycles. The second-order valence-corrected chi connectivity index (χ2v) is 8.62. The van der Waals surface area contributed by atoms with E-state index in [1.807, 2.05) is 36.4 Å². The molecule has 0 radical (unpaired) electrons. The molecule has 3 aromatic rings. The van der Waals surface area contributed by atoms with Crippen LogP contribution in [0.3, 0.4) is 0 Å². The van der Waals surface area contributed by atoms with Crippen molar-refractivity contribution in [3.8, 4) is 23.0 Å². The van der Waals surface area contributed by atoms with Crippen molar-refractivity contribution >= 4 is 29.1 Å². The molecule has 1 unspecified atom stereocenters. The predicted octanol–water partition coefficient (Wildman–Crippen LogP) is 5.84.